The molecule has 0 unspecified atom stereocenters. The van der Waals surface area contributed by atoms with Gasteiger partial charge in [0.2, 0.25) is 0 Å². The highest BCUT2D eigenvalue weighted by molar-refractivity contribution is 5.97. The second-order valence-electron chi connectivity index (χ2n) is 3.18. The van der Waals surface area contributed by atoms with E-state index < -0.39 is 0 Å². The van der Waals surface area contributed by atoms with Gasteiger partial charge in [-0.05, 0) is 6.92 Å². The molecule has 1 rings (SSSR count). The number of carbonyl (C=O) groups excluding carboxylic acids is 1. The highest BCUT2D eigenvalue weighted by Crippen LogP contribution is 2.12. The van der Waals surface area contributed by atoms with Gasteiger partial charge in [0.25, 0.3) is 5.91 Å². The zero-order valence-corrected chi connectivity index (χ0v) is 8.97. The van der Waals surface area contributed by atoms with Crippen molar-refractivity contribution >= 4 is 11.6 Å². The van der Waals surface area contributed by atoms with Crippen molar-refractivity contribution in [2.24, 2.45) is 7.05 Å². The summed E-state index contributed by atoms with van der Waals surface area (Å²) < 4.78 is 1.44. The molecule has 0 atom stereocenters. The summed E-state index contributed by atoms with van der Waals surface area (Å²) in [5.41, 5.74) is 6.36. The molecule has 1 aromatic heterocycles. The quantitative estimate of drug-likeness (QED) is 0.701. The van der Waals surface area contributed by atoms with Gasteiger partial charge in [0.15, 0.2) is 0 Å². The van der Waals surface area contributed by atoms with Gasteiger partial charge in [0, 0.05) is 20.1 Å². The van der Waals surface area contributed by atoms with Crippen molar-refractivity contribution in [2.75, 3.05) is 25.4 Å². The Hall–Kier alpha value is -1.56. The van der Waals surface area contributed by atoms with Crippen molar-refractivity contribution in [3.63, 3.8) is 0 Å². The molecule has 1 aromatic rings. The SMILES string of the molecule is CCN(CCO)C(=O)c1c(N)cnn1C. The van der Waals surface area contributed by atoms with E-state index in [4.69, 9.17) is 10.8 Å². The van der Waals surface area contributed by atoms with E-state index in [9.17, 15) is 4.79 Å². The Morgan fingerprint density at radius 1 is 1.73 bits per heavy atom. The molecule has 0 saturated heterocycles. The van der Waals surface area contributed by atoms with Crippen LogP contribution in [0.1, 0.15) is 17.4 Å². The van der Waals surface area contributed by atoms with Crippen molar-refractivity contribution in [1.29, 1.82) is 0 Å². The second-order valence-corrected chi connectivity index (χ2v) is 3.18. The Labute approximate surface area is 88.3 Å². The van der Waals surface area contributed by atoms with Gasteiger partial charge in [-0.15, -0.1) is 0 Å². The van der Waals surface area contributed by atoms with E-state index in [1.165, 1.54) is 15.8 Å². The summed E-state index contributed by atoms with van der Waals surface area (Å²) >= 11 is 0. The molecule has 0 aliphatic rings. The molecule has 0 spiro atoms. The first-order valence-corrected chi connectivity index (χ1v) is 4.79. The Bertz CT molecular complexity index is 328. The molecule has 15 heavy (non-hydrogen) atoms. The number of aliphatic hydroxyl groups excluding tert-OH is 1. The molecule has 0 bridgehead atoms. The highest BCUT2D eigenvalue weighted by atomic mass is 16.3. The number of likely N-dealkylation sites (N-methyl/N-ethyl adjacent to an activating group) is 1. The van der Waals surface area contributed by atoms with Crippen LogP contribution in [0.15, 0.2) is 6.20 Å². The van der Waals surface area contributed by atoms with Crippen LogP contribution in [-0.2, 0) is 7.05 Å². The molecule has 0 aromatic carbocycles. The Balaban J connectivity index is 2.92. The summed E-state index contributed by atoms with van der Waals surface area (Å²) in [6, 6.07) is 0. The zero-order chi connectivity index (χ0) is 11.4. The molecule has 0 aliphatic heterocycles. The van der Waals surface area contributed by atoms with Crippen molar-refractivity contribution in [3.8, 4) is 0 Å². The first-order chi connectivity index (χ1) is 7.11. The monoisotopic (exact) mass is 212 g/mol. The zero-order valence-electron chi connectivity index (χ0n) is 8.97. The minimum Gasteiger partial charge on any atom is -0.396 e. The number of nitrogen functional groups attached to an aromatic ring is 1. The normalized spacial score (nSPS) is 10.3. The number of hydrogen-bond acceptors (Lipinski definition) is 4. The number of nitrogens with zero attached hydrogens (tertiary/aromatic N) is 3. The molecule has 1 heterocycles. The Morgan fingerprint density at radius 3 is 2.80 bits per heavy atom. The molecule has 3 N–H and O–H groups in total. The lowest BCUT2D eigenvalue weighted by Crippen LogP contribution is -2.35. The van der Waals surface area contributed by atoms with Crippen molar-refractivity contribution in [1.82, 2.24) is 14.7 Å². The number of aryl methyl sites for hydroxylation is 1. The number of rotatable bonds is 4. The lowest BCUT2D eigenvalue weighted by Gasteiger charge is -2.19. The van der Waals surface area contributed by atoms with Gasteiger partial charge in [-0.2, -0.15) is 5.10 Å². The maximum atomic E-state index is 11.9. The number of anilines is 1. The maximum Gasteiger partial charge on any atom is 0.274 e. The highest BCUT2D eigenvalue weighted by Gasteiger charge is 2.19. The molecule has 84 valence electrons. The number of carbonyl (C=O) groups is 1. The van der Waals surface area contributed by atoms with Crippen LogP contribution >= 0.6 is 0 Å². The van der Waals surface area contributed by atoms with Crippen LogP contribution in [0.4, 0.5) is 5.69 Å². The van der Waals surface area contributed by atoms with Gasteiger partial charge in [-0.25, -0.2) is 0 Å². The largest absolute Gasteiger partial charge is 0.396 e. The minimum atomic E-state index is -0.205. The summed E-state index contributed by atoms with van der Waals surface area (Å²) in [5, 5.41) is 12.7. The van der Waals surface area contributed by atoms with E-state index in [1.807, 2.05) is 6.92 Å². The van der Waals surface area contributed by atoms with E-state index in [-0.39, 0.29) is 12.5 Å². The first kappa shape index (κ1) is 11.5. The van der Waals surface area contributed by atoms with E-state index in [0.717, 1.165) is 0 Å². The topological polar surface area (TPSA) is 84.4 Å². The summed E-state index contributed by atoms with van der Waals surface area (Å²) in [6.45, 7) is 2.63. The fourth-order valence-corrected chi connectivity index (χ4v) is 1.39. The molecule has 0 radical (unpaired) electrons. The first-order valence-electron chi connectivity index (χ1n) is 4.79. The number of aromatic nitrogens is 2. The summed E-state index contributed by atoms with van der Waals surface area (Å²) in [6.07, 6.45) is 1.44. The van der Waals surface area contributed by atoms with Crippen molar-refractivity contribution < 1.29 is 9.90 Å². The third kappa shape index (κ3) is 2.27. The fraction of sp³-hybridized carbons (Fsp3) is 0.556. The fourth-order valence-electron chi connectivity index (χ4n) is 1.39. The van der Waals surface area contributed by atoms with Crippen LogP contribution in [0.5, 0.6) is 0 Å². The van der Waals surface area contributed by atoms with Gasteiger partial charge in [0.1, 0.15) is 5.69 Å². The van der Waals surface area contributed by atoms with Gasteiger partial charge in [-0.3, -0.25) is 9.48 Å². The van der Waals surface area contributed by atoms with Gasteiger partial charge in [0.05, 0.1) is 18.5 Å². The predicted molar refractivity (Wildman–Crippen MR) is 56.3 cm³/mol. The van der Waals surface area contributed by atoms with E-state index in [2.05, 4.69) is 5.10 Å². The molecule has 0 aliphatic carbocycles. The molecule has 1 amide bonds. The lowest BCUT2D eigenvalue weighted by atomic mass is 10.3. The molecular formula is C9H16N4O2. The standard InChI is InChI=1S/C9H16N4O2/c1-3-13(4-5-14)9(15)8-7(10)6-11-12(8)2/h6,14H,3-5,10H2,1-2H3. The Morgan fingerprint density at radius 2 is 2.40 bits per heavy atom. The summed E-state index contributed by atoms with van der Waals surface area (Å²) in [7, 11) is 1.66. The van der Waals surface area contributed by atoms with Crippen LogP contribution in [0, 0.1) is 0 Å². The van der Waals surface area contributed by atoms with E-state index >= 15 is 0 Å². The Kier molecular flexibility index (Phi) is 3.68. The number of aliphatic hydroxyl groups is 1. The van der Waals surface area contributed by atoms with Crippen LogP contribution in [0.3, 0.4) is 0 Å². The van der Waals surface area contributed by atoms with Crippen LogP contribution < -0.4 is 5.73 Å². The molecule has 0 saturated carbocycles. The van der Waals surface area contributed by atoms with Crippen LogP contribution in [-0.4, -0.2) is 45.4 Å². The van der Waals surface area contributed by atoms with Gasteiger partial charge in [-0.1, -0.05) is 0 Å². The van der Waals surface area contributed by atoms with Crippen molar-refractivity contribution in [2.45, 2.75) is 6.92 Å². The van der Waals surface area contributed by atoms with Gasteiger partial charge < -0.3 is 15.7 Å². The average molecular weight is 212 g/mol. The van der Waals surface area contributed by atoms with Crippen LogP contribution in [0.2, 0.25) is 0 Å². The maximum absolute atomic E-state index is 11.9. The predicted octanol–water partition coefficient (Wildman–Crippen LogP) is -0.543. The van der Waals surface area contributed by atoms with E-state index in [1.54, 1.807) is 7.05 Å². The molecule has 6 nitrogen and oxygen atoms in total. The number of hydrogen-bond donors (Lipinski definition) is 2. The summed E-state index contributed by atoms with van der Waals surface area (Å²) in [5.74, 6) is -0.205. The van der Waals surface area contributed by atoms with Gasteiger partial charge >= 0.3 is 0 Å². The third-order valence-corrected chi connectivity index (χ3v) is 2.21. The molecule has 0 fully saturated rings. The summed E-state index contributed by atoms with van der Waals surface area (Å²) in [4.78, 5) is 13.5. The molecule has 6 heteroatoms. The van der Waals surface area contributed by atoms with Crippen molar-refractivity contribution in [3.05, 3.63) is 11.9 Å². The second kappa shape index (κ2) is 4.79. The minimum absolute atomic E-state index is 0.0582. The average Bonchev–Trinajstić information content (AvgIpc) is 2.54. The lowest BCUT2D eigenvalue weighted by molar-refractivity contribution is 0.0722. The number of amides is 1. The third-order valence-electron chi connectivity index (χ3n) is 2.21. The number of nitrogens with two attached hydrogens (primary N) is 1. The van der Waals surface area contributed by atoms with Crippen LogP contribution in [0.25, 0.3) is 0 Å². The molecular weight excluding hydrogens is 196 g/mol. The van der Waals surface area contributed by atoms with E-state index in [0.29, 0.717) is 24.5 Å². The smallest absolute Gasteiger partial charge is 0.274 e.